The first-order valence-electron chi connectivity index (χ1n) is 18.4. The first kappa shape index (κ1) is 32.5. The number of hydrogen-bond acceptors (Lipinski definition) is 6. The summed E-state index contributed by atoms with van der Waals surface area (Å²) in [7, 11) is 0. The van der Waals surface area contributed by atoms with Gasteiger partial charge >= 0.3 is 11.9 Å². The van der Waals surface area contributed by atoms with Crippen molar-refractivity contribution in [3.05, 3.63) is 12.7 Å². The predicted octanol–water partition coefficient (Wildman–Crippen LogP) is 6.15. The van der Waals surface area contributed by atoms with Crippen molar-refractivity contribution in [2.24, 2.45) is 34.5 Å². The normalized spacial score (nSPS) is 43.6. The number of carbonyl (C=O) groups is 2. The van der Waals surface area contributed by atoms with Gasteiger partial charge in [0.25, 0.3) is 0 Å². The molecule has 0 spiro atoms. The van der Waals surface area contributed by atoms with E-state index in [1.54, 1.807) is 0 Å². The SMILES string of the molecule is C=CC[N+]1([C@H]2C[C@H]3[C@@H]4CC[C@H]5C[C@H](OC(=O)CC)[C@H](N6CCOCC6)C[C@]5(C)[C@H]4CC[C@]3(C)[C@H]2OC(=O)CC)CCCCC1. The monoisotopic (exact) mass is 613 g/mol. The Morgan fingerprint density at radius 2 is 1.64 bits per heavy atom. The lowest BCUT2D eigenvalue weighted by Crippen LogP contribution is -2.63. The first-order valence-corrected chi connectivity index (χ1v) is 18.4. The molecule has 2 saturated heterocycles. The van der Waals surface area contributed by atoms with Crippen LogP contribution >= 0.6 is 0 Å². The highest BCUT2D eigenvalue weighted by atomic mass is 16.6. The van der Waals surface area contributed by atoms with Gasteiger partial charge in [0.2, 0.25) is 0 Å². The van der Waals surface area contributed by atoms with E-state index in [0.717, 1.165) is 56.6 Å². The van der Waals surface area contributed by atoms with Crippen LogP contribution in [0.4, 0.5) is 0 Å². The Morgan fingerprint density at radius 1 is 0.932 bits per heavy atom. The first-order chi connectivity index (χ1) is 21.2. The molecule has 0 aromatic rings. The lowest BCUT2D eigenvalue weighted by Gasteiger charge is -2.62. The Labute approximate surface area is 267 Å². The van der Waals surface area contributed by atoms with Crippen LogP contribution in [0.25, 0.3) is 0 Å². The van der Waals surface area contributed by atoms with Crippen LogP contribution in [0, 0.1) is 34.5 Å². The third-order valence-electron chi connectivity index (χ3n) is 14.1. The average Bonchev–Trinajstić information content (AvgIpc) is 3.34. The van der Waals surface area contributed by atoms with E-state index in [4.69, 9.17) is 14.2 Å². The number of carbonyl (C=O) groups excluding carboxylic acids is 2. The van der Waals surface area contributed by atoms with Crippen LogP contribution in [0.15, 0.2) is 12.7 Å². The molecule has 0 aromatic heterocycles. The van der Waals surface area contributed by atoms with Crippen molar-refractivity contribution in [2.45, 2.75) is 129 Å². The summed E-state index contributed by atoms with van der Waals surface area (Å²) in [5.74, 6) is 2.42. The summed E-state index contributed by atoms with van der Waals surface area (Å²) >= 11 is 0. The van der Waals surface area contributed by atoms with E-state index in [9.17, 15) is 9.59 Å². The fourth-order valence-electron chi connectivity index (χ4n) is 11.9. The van der Waals surface area contributed by atoms with Crippen LogP contribution in [0.5, 0.6) is 0 Å². The molecule has 2 heterocycles. The van der Waals surface area contributed by atoms with Crippen molar-refractivity contribution in [1.29, 1.82) is 0 Å². The van der Waals surface area contributed by atoms with Crippen molar-refractivity contribution < 1.29 is 28.3 Å². The fraction of sp³-hybridized carbons (Fsp3) is 0.892. The molecule has 10 atom stereocenters. The van der Waals surface area contributed by atoms with Gasteiger partial charge in [-0.05, 0) is 93.0 Å². The standard InChI is InChI=1S/C37H61N2O5/c1-6-18-39(19-10-9-11-20-39)31-24-29-27-13-12-26-23-32(43-33(40)7-2)30(38-16-21-42-22-17-38)25-37(26,5)28(27)14-15-36(29,4)35(31)44-34(41)8-3/h6,26-32,35H,1,7-25H2,2-5H3/q+1/t26-,27+,28-,29-,30+,31-,32-,35-,36-,37-/m0/s1. The van der Waals surface area contributed by atoms with Gasteiger partial charge < -0.3 is 18.7 Å². The number of ether oxygens (including phenoxy) is 3. The molecular weight excluding hydrogens is 552 g/mol. The van der Waals surface area contributed by atoms with Crippen LogP contribution in [-0.4, -0.2) is 91.6 Å². The van der Waals surface area contributed by atoms with Crippen LogP contribution < -0.4 is 0 Å². The van der Waals surface area contributed by atoms with E-state index < -0.39 is 0 Å². The molecule has 7 nitrogen and oxygen atoms in total. The molecule has 7 heteroatoms. The summed E-state index contributed by atoms with van der Waals surface area (Å²) in [5, 5.41) is 0. The number of likely N-dealkylation sites (tertiary alicyclic amines) is 1. The summed E-state index contributed by atoms with van der Waals surface area (Å²) < 4.78 is 19.6. The van der Waals surface area contributed by atoms with E-state index in [1.807, 2.05) is 13.8 Å². The predicted molar refractivity (Wildman–Crippen MR) is 172 cm³/mol. The van der Waals surface area contributed by atoms with Crippen LogP contribution in [0.2, 0.25) is 0 Å². The molecule has 0 amide bonds. The fourth-order valence-corrected chi connectivity index (χ4v) is 11.9. The lowest BCUT2D eigenvalue weighted by molar-refractivity contribution is -0.952. The number of esters is 2. The van der Waals surface area contributed by atoms with E-state index in [2.05, 4.69) is 31.4 Å². The highest BCUT2D eigenvalue weighted by Crippen LogP contribution is 2.68. The Bertz CT molecular complexity index is 1050. The minimum atomic E-state index is -0.0575. The smallest absolute Gasteiger partial charge is 0.306 e. The van der Waals surface area contributed by atoms with Gasteiger partial charge in [-0.3, -0.25) is 14.5 Å². The van der Waals surface area contributed by atoms with Gasteiger partial charge in [-0.1, -0.05) is 34.3 Å². The maximum Gasteiger partial charge on any atom is 0.306 e. The van der Waals surface area contributed by atoms with Crippen LogP contribution in [0.1, 0.15) is 105 Å². The number of nitrogens with zero attached hydrogens (tertiary/aromatic N) is 2. The molecule has 44 heavy (non-hydrogen) atoms. The minimum absolute atomic E-state index is 0.00484. The second-order valence-electron chi connectivity index (χ2n) is 16.0. The number of piperidine rings is 1. The number of quaternary nitrogens is 1. The van der Waals surface area contributed by atoms with Crippen molar-refractivity contribution in [3.8, 4) is 0 Å². The summed E-state index contributed by atoms with van der Waals surface area (Å²) in [6.07, 6.45) is 15.0. The Balaban J connectivity index is 1.30. The van der Waals surface area contributed by atoms with Crippen molar-refractivity contribution in [3.63, 3.8) is 0 Å². The Hall–Kier alpha value is -1.44. The molecule has 0 N–H and O–H groups in total. The van der Waals surface area contributed by atoms with Gasteiger partial charge in [-0.25, -0.2) is 0 Å². The van der Waals surface area contributed by atoms with Crippen molar-refractivity contribution >= 4 is 11.9 Å². The average molecular weight is 614 g/mol. The van der Waals surface area contributed by atoms with E-state index >= 15 is 0 Å². The molecule has 0 radical (unpaired) electrons. The van der Waals surface area contributed by atoms with Crippen LogP contribution in [-0.2, 0) is 23.8 Å². The highest BCUT2D eigenvalue weighted by Gasteiger charge is 2.67. The molecular formula is C37H61N2O5+. The van der Waals surface area contributed by atoms with Gasteiger partial charge in [-0.2, -0.15) is 0 Å². The molecule has 6 rings (SSSR count). The molecule has 0 bridgehead atoms. The summed E-state index contributed by atoms with van der Waals surface area (Å²) in [6.45, 7) is 19.9. The second kappa shape index (κ2) is 13.0. The largest absolute Gasteiger partial charge is 0.461 e. The lowest BCUT2D eigenvalue weighted by atomic mass is 9.44. The van der Waals surface area contributed by atoms with Gasteiger partial charge in [-0.15, -0.1) is 0 Å². The summed E-state index contributed by atoms with van der Waals surface area (Å²) in [6, 6.07) is 0.639. The number of hydrogen-bond donors (Lipinski definition) is 0. The van der Waals surface area contributed by atoms with Gasteiger partial charge in [0.15, 0.2) is 6.10 Å². The third kappa shape index (κ3) is 5.59. The zero-order valence-electron chi connectivity index (χ0n) is 28.3. The van der Waals surface area contributed by atoms with Crippen molar-refractivity contribution in [2.75, 3.05) is 45.9 Å². The molecule has 248 valence electrons. The molecule has 0 unspecified atom stereocenters. The summed E-state index contributed by atoms with van der Waals surface area (Å²) in [4.78, 5) is 28.2. The Kier molecular flexibility index (Phi) is 9.59. The number of rotatable bonds is 8. The zero-order chi connectivity index (χ0) is 31.1. The molecule has 4 saturated carbocycles. The molecule has 2 aliphatic heterocycles. The topological polar surface area (TPSA) is 65.1 Å². The highest BCUT2D eigenvalue weighted by molar-refractivity contribution is 5.69. The van der Waals surface area contributed by atoms with Crippen molar-refractivity contribution in [1.82, 2.24) is 4.90 Å². The molecule has 4 aliphatic carbocycles. The van der Waals surface area contributed by atoms with Gasteiger partial charge in [0.05, 0.1) is 32.8 Å². The van der Waals surface area contributed by atoms with E-state index in [1.165, 1.54) is 58.0 Å². The molecule has 6 aliphatic rings. The molecule has 6 fully saturated rings. The van der Waals surface area contributed by atoms with E-state index in [-0.39, 0.29) is 41.0 Å². The maximum atomic E-state index is 13.0. The summed E-state index contributed by atoms with van der Waals surface area (Å²) in [5.41, 5.74) is 0.260. The Morgan fingerprint density at radius 3 is 2.32 bits per heavy atom. The maximum absolute atomic E-state index is 13.0. The quantitative estimate of drug-likeness (QED) is 0.186. The van der Waals surface area contributed by atoms with E-state index in [0.29, 0.717) is 42.6 Å². The number of fused-ring (bicyclic) bond motifs is 5. The van der Waals surface area contributed by atoms with Crippen LogP contribution in [0.3, 0.4) is 0 Å². The number of morpholine rings is 1. The molecule has 0 aromatic carbocycles. The third-order valence-corrected chi connectivity index (χ3v) is 14.1. The zero-order valence-corrected chi connectivity index (χ0v) is 28.3. The van der Waals surface area contributed by atoms with Gasteiger partial charge in [0.1, 0.15) is 12.1 Å². The second-order valence-corrected chi connectivity index (χ2v) is 16.0. The van der Waals surface area contributed by atoms with Gasteiger partial charge in [0, 0.05) is 43.8 Å². The minimum Gasteiger partial charge on any atom is -0.461 e.